The second kappa shape index (κ2) is 4.58. The normalized spacial score (nSPS) is 20.6. The fourth-order valence-corrected chi connectivity index (χ4v) is 2.04. The molecule has 1 aromatic carbocycles. The standard InChI is InChI=1S/C13H19N3/c1-3-7-12-10(2)13(14)16(15-12)11-8-5-4-6-9-11/h4-6,8-9,12,15H,3,7,14H2,1-2H3. The molecule has 0 saturated carbocycles. The Morgan fingerprint density at radius 1 is 1.31 bits per heavy atom. The van der Waals surface area contributed by atoms with Gasteiger partial charge in [-0.3, -0.25) is 5.01 Å². The highest BCUT2D eigenvalue weighted by Crippen LogP contribution is 2.25. The minimum atomic E-state index is 0.380. The number of nitrogens with zero attached hydrogens (tertiary/aromatic N) is 1. The zero-order chi connectivity index (χ0) is 11.5. The predicted molar refractivity (Wildman–Crippen MR) is 67.6 cm³/mol. The first kappa shape index (κ1) is 11.0. The van der Waals surface area contributed by atoms with Crippen LogP contribution in [0.25, 0.3) is 0 Å². The van der Waals surface area contributed by atoms with Crippen molar-refractivity contribution in [1.82, 2.24) is 5.43 Å². The van der Waals surface area contributed by atoms with Crippen LogP contribution in [0.5, 0.6) is 0 Å². The molecular weight excluding hydrogens is 198 g/mol. The van der Waals surface area contributed by atoms with Crippen molar-refractivity contribution in [3.05, 3.63) is 41.7 Å². The topological polar surface area (TPSA) is 41.3 Å². The van der Waals surface area contributed by atoms with Crippen molar-refractivity contribution in [2.45, 2.75) is 32.7 Å². The van der Waals surface area contributed by atoms with Crippen molar-refractivity contribution in [2.24, 2.45) is 5.73 Å². The van der Waals surface area contributed by atoms with E-state index in [-0.39, 0.29) is 0 Å². The first-order chi connectivity index (χ1) is 7.74. The van der Waals surface area contributed by atoms with E-state index in [4.69, 9.17) is 5.73 Å². The van der Waals surface area contributed by atoms with Crippen molar-refractivity contribution in [3.8, 4) is 0 Å². The maximum Gasteiger partial charge on any atom is 0.119 e. The van der Waals surface area contributed by atoms with Gasteiger partial charge >= 0.3 is 0 Å². The Labute approximate surface area is 96.9 Å². The molecule has 1 unspecified atom stereocenters. The first-order valence-electron chi connectivity index (χ1n) is 5.81. The monoisotopic (exact) mass is 217 g/mol. The smallest absolute Gasteiger partial charge is 0.119 e. The Hall–Kier alpha value is -1.48. The third-order valence-corrected chi connectivity index (χ3v) is 3.04. The summed E-state index contributed by atoms with van der Waals surface area (Å²) in [5.74, 6) is 0.838. The lowest BCUT2D eigenvalue weighted by molar-refractivity contribution is 0.566. The van der Waals surface area contributed by atoms with Gasteiger partial charge in [0, 0.05) is 0 Å². The molecule has 0 aromatic heterocycles. The zero-order valence-corrected chi connectivity index (χ0v) is 9.90. The molecule has 0 radical (unpaired) electrons. The lowest BCUT2D eigenvalue weighted by Crippen LogP contribution is -2.39. The molecule has 1 aliphatic rings. The van der Waals surface area contributed by atoms with Gasteiger partial charge in [-0.1, -0.05) is 31.5 Å². The summed E-state index contributed by atoms with van der Waals surface area (Å²) >= 11 is 0. The molecule has 3 heteroatoms. The number of anilines is 1. The maximum absolute atomic E-state index is 6.12. The van der Waals surface area contributed by atoms with E-state index < -0.39 is 0 Å². The van der Waals surface area contributed by atoms with Crippen molar-refractivity contribution in [1.29, 1.82) is 0 Å². The third kappa shape index (κ3) is 1.91. The van der Waals surface area contributed by atoms with Gasteiger partial charge < -0.3 is 5.73 Å². The zero-order valence-electron chi connectivity index (χ0n) is 9.90. The largest absolute Gasteiger partial charge is 0.384 e. The van der Waals surface area contributed by atoms with E-state index >= 15 is 0 Å². The highest BCUT2D eigenvalue weighted by atomic mass is 15.6. The molecule has 3 N–H and O–H groups in total. The number of nitrogens with two attached hydrogens (primary N) is 1. The van der Waals surface area contributed by atoms with E-state index in [9.17, 15) is 0 Å². The van der Waals surface area contributed by atoms with Crippen LogP contribution < -0.4 is 16.2 Å². The van der Waals surface area contributed by atoms with E-state index in [1.165, 1.54) is 5.57 Å². The van der Waals surface area contributed by atoms with E-state index in [1.54, 1.807) is 0 Å². The number of benzene rings is 1. The second-order valence-electron chi connectivity index (χ2n) is 4.21. The van der Waals surface area contributed by atoms with Crippen LogP contribution >= 0.6 is 0 Å². The Bertz CT molecular complexity index is 383. The van der Waals surface area contributed by atoms with Crippen molar-refractivity contribution in [3.63, 3.8) is 0 Å². The van der Waals surface area contributed by atoms with Gasteiger partial charge in [0.05, 0.1) is 11.7 Å². The molecule has 0 saturated heterocycles. The van der Waals surface area contributed by atoms with Crippen LogP contribution in [0.4, 0.5) is 5.69 Å². The molecule has 0 fully saturated rings. The number of rotatable bonds is 3. The highest BCUT2D eigenvalue weighted by Gasteiger charge is 2.26. The summed E-state index contributed by atoms with van der Waals surface area (Å²) in [5.41, 5.74) is 11.9. The Morgan fingerprint density at radius 3 is 2.62 bits per heavy atom. The lowest BCUT2D eigenvalue weighted by atomic mass is 10.1. The quantitative estimate of drug-likeness (QED) is 0.816. The van der Waals surface area contributed by atoms with Crippen molar-refractivity contribution in [2.75, 3.05) is 5.01 Å². The van der Waals surface area contributed by atoms with Gasteiger partial charge in [-0.15, -0.1) is 0 Å². The SMILES string of the molecule is CCCC1NN(c2ccccc2)C(N)=C1C. The van der Waals surface area contributed by atoms with E-state index in [1.807, 2.05) is 23.2 Å². The number of hydrazine groups is 1. The fraction of sp³-hybridized carbons (Fsp3) is 0.385. The summed E-state index contributed by atoms with van der Waals surface area (Å²) in [4.78, 5) is 0. The molecule has 0 bridgehead atoms. The van der Waals surface area contributed by atoms with Crippen LogP contribution in [-0.4, -0.2) is 6.04 Å². The fourth-order valence-electron chi connectivity index (χ4n) is 2.04. The van der Waals surface area contributed by atoms with Crippen molar-refractivity contribution < 1.29 is 0 Å². The van der Waals surface area contributed by atoms with Crippen LogP contribution in [0.3, 0.4) is 0 Å². The molecule has 1 atom stereocenters. The molecule has 16 heavy (non-hydrogen) atoms. The third-order valence-electron chi connectivity index (χ3n) is 3.04. The second-order valence-corrected chi connectivity index (χ2v) is 4.21. The van der Waals surface area contributed by atoms with Crippen LogP contribution in [0.2, 0.25) is 0 Å². The lowest BCUT2D eigenvalue weighted by Gasteiger charge is -2.21. The molecule has 1 aromatic rings. The van der Waals surface area contributed by atoms with Gasteiger partial charge in [-0.2, -0.15) is 0 Å². The van der Waals surface area contributed by atoms with E-state index in [2.05, 4.69) is 31.4 Å². The number of nitrogens with one attached hydrogen (secondary N) is 1. The van der Waals surface area contributed by atoms with Crippen LogP contribution in [0.15, 0.2) is 41.7 Å². The van der Waals surface area contributed by atoms with Crippen LogP contribution in [0, 0.1) is 0 Å². The van der Waals surface area contributed by atoms with Gasteiger partial charge in [0.2, 0.25) is 0 Å². The highest BCUT2D eigenvalue weighted by molar-refractivity contribution is 5.53. The summed E-state index contributed by atoms with van der Waals surface area (Å²) in [6.07, 6.45) is 2.28. The molecular formula is C13H19N3. The maximum atomic E-state index is 6.12. The minimum absolute atomic E-state index is 0.380. The minimum Gasteiger partial charge on any atom is -0.384 e. The van der Waals surface area contributed by atoms with Crippen LogP contribution in [0.1, 0.15) is 26.7 Å². The molecule has 86 valence electrons. The molecule has 3 nitrogen and oxygen atoms in total. The summed E-state index contributed by atoms with van der Waals surface area (Å²) < 4.78 is 0. The average Bonchev–Trinajstić information content (AvgIpc) is 2.59. The Balaban J connectivity index is 2.21. The molecule has 2 rings (SSSR count). The Morgan fingerprint density at radius 2 is 2.00 bits per heavy atom. The molecule has 0 amide bonds. The summed E-state index contributed by atoms with van der Waals surface area (Å²) in [5, 5.41) is 1.98. The summed E-state index contributed by atoms with van der Waals surface area (Å²) in [7, 11) is 0. The summed E-state index contributed by atoms with van der Waals surface area (Å²) in [6, 6.07) is 10.5. The average molecular weight is 217 g/mol. The molecule has 0 aliphatic carbocycles. The van der Waals surface area contributed by atoms with E-state index in [0.717, 1.165) is 24.4 Å². The number of para-hydroxylation sites is 1. The van der Waals surface area contributed by atoms with Gasteiger partial charge in [0.15, 0.2) is 0 Å². The van der Waals surface area contributed by atoms with Gasteiger partial charge in [0.1, 0.15) is 5.82 Å². The van der Waals surface area contributed by atoms with Crippen molar-refractivity contribution >= 4 is 5.69 Å². The Kier molecular flexibility index (Phi) is 3.15. The molecule has 1 heterocycles. The van der Waals surface area contributed by atoms with Gasteiger partial charge in [-0.05, 0) is 31.1 Å². The first-order valence-corrected chi connectivity index (χ1v) is 5.81. The number of hydrogen-bond donors (Lipinski definition) is 2. The van der Waals surface area contributed by atoms with Gasteiger partial charge in [0.25, 0.3) is 0 Å². The van der Waals surface area contributed by atoms with E-state index in [0.29, 0.717) is 6.04 Å². The molecule has 0 spiro atoms. The predicted octanol–water partition coefficient (Wildman–Crippen LogP) is 2.37. The molecule has 1 aliphatic heterocycles. The van der Waals surface area contributed by atoms with Gasteiger partial charge in [-0.25, -0.2) is 5.43 Å². The van der Waals surface area contributed by atoms with Crippen LogP contribution in [-0.2, 0) is 0 Å². The summed E-state index contributed by atoms with van der Waals surface area (Å²) in [6.45, 7) is 4.29. The number of hydrogen-bond acceptors (Lipinski definition) is 3.